The summed E-state index contributed by atoms with van der Waals surface area (Å²) in [7, 11) is 4.27. The van der Waals surface area contributed by atoms with Crippen LogP contribution in [0.4, 0.5) is 0 Å². The molecule has 0 aromatic heterocycles. The molecule has 2 rings (SSSR count). The van der Waals surface area contributed by atoms with Gasteiger partial charge in [-0.3, -0.25) is 4.79 Å². The van der Waals surface area contributed by atoms with E-state index in [2.05, 4.69) is 31.2 Å². The van der Waals surface area contributed by atoms with Crippen molar-refractivity contribution in [3.05, 3.63) is 0 Å². The molecule has 0 bridgehead atoms. The minimum absolute atomic E-state index is 0.120. The van der Waals surface area contributed by atoms with Gasteiger partial charge in [0.2, 0.25) is 5.91 Å². The fourth-order valence-corrected chi connectivity index (χ4v) is 4.08. The summed E-state index contributed by atoms with van der Waals surface area (Å²) in [4.78, 5) is 14.7. The number of nitrogens with one attached hydrogen (secondary N) is 1. The van der Waals surface area contributed by atoms with Crippen molar-refractivity contribution >= 4 is 5.91 Å². The van der Waals surface area contributed by atoms with Crippen LogP contribution in [0.5, 0.6) is 0 Å². The fraction of sp³-hybridized carbons (Fsp3) is 0.938. The SMILES string of the molecule is CC1CC(N)CC(C(=O)NCC2(N(C)C)CCCC2)C1. The summed E-state index contributed by atoms with van der Waals surface area (Å²) < 4.78 is 0. The molecule has 3 N–H and O–H groups in total. The summed E-state index contributed by atoms with van der Waals surface area (Å²) in [5.74, 6) is 0.915. The number of amides is 1. The minimum atomic E-state index is 0.120. The van der Waals surface area contributed by atoms with Crippen LogP contribution in [0.15, 0.2) is 0 Å². The minimum Gasteiger partial charge on any atom is -0.354 e. The van der Waals surface area contributed by atoms with Gasteiger partial charge in [-0.1, -0.05) is 19.8 Å². The van der Waals surface area contributed by atoms with Gasteiger partial charge in [0.25, 0.3) is 0 Å². The van der Waals surface area contributed by atoms with Crippen LogP contribution in [0.1, 0.15) is 51.9 Å². The van der Waals surface area contributed by atoms with Gasteiger partial charge >= 0.3 is 0 Å². The third-order valence-corrected chi connectivity index (χ3v) is 5.42. The number of carbonyl (C=O) groups is 1. The van der Waals surface area contributed by atoms with Crippen molar-refractivity contribution in [2.24, 2.45) is 17.6 Å². The molecule has 0 aromatic carbocycles. The van der Waals surface area contributed by atoms with Crippen molar-refractivity contribution in [3.63, 3.8) is 0 Å². The van der Waals surface area contributed by atoms with Crippen molar-refractivity contribution in [1.82, 2.24) is 10.2 Å². The third kappa shape index (κ3) is 3.53. The first-order valence-electron chi connectivity index (χ1n) is 8.14. The zero-order chi connectivity index (χ0) is 14.8. The summed E-state index contributed by atoms with van der Waals surface area (Å²) in [6.45, 7) is 3.00. The Hall–Kier alpha value is -0.610. The Balaban J connectivity index is 1.88. The number of rotatable bonds is 4. The van der Waals surface area contributed by atoms with Crippen LogP contribution in [0, 0.1) is 11.8 Å². The molecule has 2 aliphatic carbocycles. The largest absolute Gasteiger partial charge is 0.354 e. The fourth-order valence-electron chi connectivity index (χ4n) is 4.08. The lowest BCUT2D eigenvalue weighted by atomic mass is 9.79. The summed E-state index contributed by atoms with van der Waals surface area (Å²) in [6, 6.07) is 0.198. The van der Waals surface area contributed by atoms with E-state index in [-0.39, 0.29) is 23.4 Å². The van der Waals surface area contributed by atoms with Gasteiger partial charge in [0.05, 0.1) is 0 Å². The van der Waals surface area contributed by atoms with Gasteiger partial charge in [-0.15, -0.1) is 0 Å². The molecular weight excluding hydrogens is 250 g/mol. The second kappa shape index (κ2) is 6.44. The highest BCUT2D eigenvalue weighted by Gasteiger charge is 2.37. The Morgan fingerprint density at radius 2 is 1.90 bits per heavy atom. The van der Waals surface area contributed by atoms with Gasteiger partial charge in [0.15, 0.2) is 0 Å². The summed E-state index contributed by atoms with van der Waals surface area (Å²) >= 11 is 0. The summed E-state index contributed by atoms with van der Waals surface area (Å²) in [6.07, 6.45) is 7.85. The van der Waals surface area contributed by atoms with Gasteiger partial charge in [0.1, 0.15) is 0 Å². The van der Waals surface area contributed by atoms with E-state index >= 15 is 0 Å². The Morgan fingerprint density at radius 1 is 1.25 bits per heavy atom. The molecule has 116 valence electrons. The maximum Gasteiger partial charge on any atom is 0.223 e. The Kier molecular flexibility index (Phi) is 5.08. The van der Waals surface area contributed by atoms with Gasteiger partial charge in [-0.05, 0) is 52.1 Å². The molecule has 3 unspecified atom stereocenters. The molecule has 2 saturated carbocycles. The molecule has 4 nitrogen and oxygen atoms in total. The topological polar surface area (TPSA) is 58.4 Å². The number of nitrogens with two attached hydrogens (primary N) is 1. The first-order valence-corrected chi connectivity index (χ1v) is 8.14. The molecule has 4 heteroatoms. The van der Waals surface area contributed by atoms with Crippen LogP contribution >= 0.6 is 0 Å². The number of carbonyl (C=O) groups excluding carboxylic acids is 1. The Bertz CT molecular complexity index is 327. The molecule has 2 aliphatic rings. The van der Waals surface area contributed by atoms with Gasteiger partial charge in [0, 0.05) is 24.0 Å². The average molecular weight is 281 g/mol. The van der Waals surface area contributed by atoms with Crippen molar-refractivity contribution in [2.45, 2.75) is 63.5 Å². The average Bonchev–Trinajstić information content (AvgIpc) is 2.84. The smallest absolute Gasteiger partial charge is 0.223 e. The molecule has 1 amide bonds. The Morgan fingerprint density at radius 3 is 2.45 bits per heavy atom. The van der Waals surface area contributed by atoms with E-state index in [0.29, 0.717) is 5.92 Å². The number of nitrogens with zero attached hydrogens (tertiary/aromatic N) is 1. The zero-order valence-corrected chi connectivity index (χ0v) is 13.3. The number of hydrogen-bond donors (Lipinski definition) is 2. The molecule has 20 heavy (non-hydrogen) atoms. The lowest BCUT2D eigenvalue weighted by Crippen LogP contribution is -2.52. The molecule has 0 saturated heterocycles. The second-order valence-electron chi connectivity index (χ2n) is 7.31. The summed E-state index contributed by atoms with van der Waals surface area (Å²) in [5, 5.41) is 3.22. The van der Waals surface area contributed by atoms with Crippen LogP contribution in [-0.4, -0.2) is 43.0 Å². The van der Waals surface area contributed by atoms with E-state index < -0.39 is 0 Å². The molecule has 0 aromatic rings. The van der Waals surface area contributed by atoms with E-state index in [9.17, 15) is 4.79 Å². The first-order chi connectivity index (χ1) is 9.43. The van der Waals surface area contributed by atoms with Crippen LogP contribution in [0.25, 0.3) is 0 Å². The normalized spacial score (nSPS) is 33.4. The maximum absolute atomic E-state index is 12.4. The van der Waals surface area contributed by atoms with Crippen molar-refractivity contribution < 1.29 is 4.79 Å². The highest BCUT2D eigenvalue weighted by atomic mass is 16.1. The lowest BCUT2D eigenvalue weighted by molar-refractivity contribution is -0.127. The highest BCUT2D eigenvalue weighted by Crippen LogP contribution is 2.33. The molecule has 0 aliphatic heterocycles. The van der Waals surface area contributed by atoms with Crippen molar-refractivity contribution in [2.75, 3.05) is 20.6 Å². The second-order valence-corrected chi connectivity index (χ2v) is 7.31. The van der Waals surface area contributed by atoms with Crippen molar-refractivity contribution in [3.8, 4) is 0 Å². The van der Waals surface area contributed by atoms with Crippen LogP contribution in [0.2, 0.25) is 0 Å². The molecular formula is C16H31N3O. The molecule has 0 spiro atoms. The maximum atomic E-state index is 12.4. The molecule has 0 radical (unpaired) electrons. The predicted octanol–water partition coefficient (Wildman–Crippen LogP) is 1.74. The van der Waals surface area contributed by atoms with E-state index in [0.717, 1.165) is 25.8 Å². The third-order valence-electron chi connectivity index (χ3n) is 5.42. The number of hydrogen-bond acceptors (Lipinski definition) is 3. The van der Waals surface area contributed by atoms with Gasteiger partial charge < -0.3 is 16.0 Å². The van der Waals surface area contributed by atoms with Crippen LogP contribution in [-0.2, 0) is 4.79 Å². The van der Waals surface area contributed by atoms with E-state index in [1.807, 2.05) is 0 Å². The standard InChI is InChI=1S/C16H31N3O/c1-12-8-13(10-14(17)9-12)15(20)18-11-16(19(2)3)6-4-5-7-16/h12-14H,4-11,17H2,1-3H3,(H,18,20). The van der Waals surface area contributed by atoms with Crippen molar-refractivity contribution in [1.29, 1.82) is 0 Å². The van der Waals surface area contributed by atoms with E-state index in [4.69, 9.17) is 5.73 Å². The first kappa shape index (κ1) is 15.8. The zero-order valence-electron chi connectivity index (χ0n) is 13.3. The molecule has 2 fully saturated rings. The monoisotopic (exact) mass is 281 g/mol. The van der Waals surface area contributed by atoms with Gasteiger partial charge in [-0.2, -0.15) is 0 Å². The number of likely N-dealkylation sites (N-methyl/N-ethyl adjacent to an activating group) is 1. The van der Waals surface area contributed by atoms with E-state index in [1.165, 1.54) is 25.7 Å². The molecule has 3 atom stereocenters. The quantitative estimate of drug-likeness (QED) is 0.825. The predicted molar refractivity (Wildman–Crippen MR) is 82.4 cm³/mol. The molecule has 0 heterocycles. The van der Waals surface area contributed by atoms with E-state index in [1.54, 1.807) is 0 Å². The highest BCUT2D eigenvalue weighted by molar-refractivity contribution is 5.78. The Labute approximate surface area is 123 Å². The summed E-state index contributed by atoms with van der Waals surface area (Å²) in [5.41, 5.74) is 6.24. The van der Waals surface area contributed by atoms with Crippen LogP contribution < -0.4 is 11.1 Å². The van der Waals surface area contributed by atoms with Gasteiger partial charge in [-0.25, -0.2) is 0 Å². The lowest BCUT2D eigenvalue weighted by Gasteiger charge is -2.37. The van der Waals surface area contributed by atoms with Crippen LogP contribution in [0.3, 0.4) is 0 Å².